The van der Waals surface area contributed by atoms with Crippen LogP contribution in [0.3, 0.4) is 0 Å². The number of anilines is 2. The quantitative estimate of drug-likeness (QED) is 0.205. The third-order valence-electron chi connectivity index (χ3n) is 7.71. The second-order valence-corrected chi connectivity index (χ2v) is 11.8. The maximum Gasteiger partial charge on any atom is 0.138 e. The molecule has 5 nitrogen and oxygen atoms in total. The van der Waals surface area contributed by atoms with Crippen LogP contribution in [-0.4, -0.2) is 36.1 Å². The Bertz CT molecular complexity index is 1390. The van der Waals surface area contributed by atoms with Crippen LogP contribution in [0, 0.1) is 0 Å². The average Bonchev–Trinajstić information content (AvgIpc) is 2.96. The van der Waals surface area contributed by atoms with Crippen molar-refractivity contribution >= 4 is 22.3 Å². The first-order valence-electron chi connectivity index (χ1n) is 14.8. The summed E-state index contributed by atoms with van der Waals surface area (Å²) < 4.78 is 12.6. The lowest BCUT2D eigenvalue weighted by Gasteiger charge is -2.26. The van der Waals surface area contributed by atoms with E-state index in [1.165, 1.54) is 43.5 Å². The van der Waals surface area contributed by atoms with E-state index in [4.69, 9.17) is 9.47 Å². The molecular formula is C35H43N3O2. The average molecular weight is 538 g/mol. The van der Waals surface area contributed by atoms with Crippen molar-refractivity contribution in [3.63, 3.8) is 0 Å². The van der Waals surface area contributed by atoms with Gasteiger partial charge in [0.1, 0.15) is 17.2 Å². The molecule has 210 valence electrons. The minimum Gasteiger partial charge on any atom is -0.493 e. The lowest BCUT2D eigenvalue weighted by atomic mass is 9.87. The second-order valence-electron chi connectivity index (χ2n) is 11.8. The van der Waals surface area contributed by atoms with E-state index in [1.807, 2.05) is 30.3 Å². The van der Waals surface area contributed by atoms with Gasteiger partial charge in [0.25, 0.3) is 0 Å². The molecule has 1 aliphatic rings. The number of pyridine rings is 1. The number of benzene rings is 3. The molecule has 0 amide bonds. The van der Waals surface area contributed by atoms with E-state index in [0.717, 1.165) is 65.5 Å². The molecule has 3 aromatic carbocycles. The fourth-order valence-corrected chi connectivity index (χ4v) is 5.30. The summed E-state index contributed by atoms with van der Waals surface area (Å²) in [6.45, 7) is 13.2. The van der Waals surface area contributed by atoms with E-state index in [1.54, 1.807) is 6.20 Å². The Morgan fingerprint density at radius 1 is 0.850 bits per heavy atom. The summed E-state index contributed by atoms with van der Waals surface area (Å²) in [5, 5.41) is 4.48. The van der Waals surface area contributed by atoms with Crippen LogP contribution in [0.1, 0.15) is 64.5 Å². The van der Waals surface area contributed by atoms with E-state index in [-0.39, 0.29) is 5.41 Å². The molecule has 5 rings (SSSR count). The molecule has 0 unspecified atom stereocenters. The second kappa shape index (κ2) is 12.7. The van der Waals surface area contributed by atoms with Crippen LogP contribution in [0.15, 0.2) is 72.9 Å². The largest absolute Gasteiger partial charge is 0.493 e. The van der Waals surface area contributed by atoms with Gasteiger partial charge in [-0.3, -0.25) is 4.98 Å². The van der Waals surface area contributed by atoms with E-state index < -0.39 is 0 Å². The Balaban J connectivity index is 1.23. The molecule has 1 saturated heterocycles. The Hall–Kier alpha value is -3.57. The fraction of sp³-hybridized carbons (Fsp3) is 0.400. The molecule has 0 atom stereocenters. The van der Waals surface area contributed by atoms with Gasteiger partial charge in [-0.2, -0.15) is 0 Å². The van der Waals surface area contributed by atoms with Gasteiger partial charge in [-0.1, -0.05) is 46.2 Å². The SMILES string of the molecule is CCc1cc2c(Oc3ccc(Nc4ccc(C(C)(C)C)cc4)cc3)ccnc2cc1OCCCN1CCCCC1. The molecule has 0 spiro atoms. The minimum atomic E-state index is 0.147. The van der Waals surface area contributed by atoms with Crippen molar-refractivity contribution in [1.82, 2.24) is 9.88 Å². The number of nitrogens with one attached hydrogen (secondary N) is 1. The van der Waals surface area contributed by atoms with Gasteiger partial charge < -0.3 is 19.7 Å². The van der Waals surface area contributed by atoms with Crippen molar-refractivity contribution in [3.05, 3.63) is 84.1 Å². The first-order chi connectivity index (χ1) is 19.4. The van der Waals surface area contributed by atoms with Gasteiger partial charge in [0, 0.05) is 35.6 Å². The lowest BCUT2D eigenvalue weighted by molar-refractivity contribution is 0.204. The predicted molar refractivity (Wildman–Crippen MR) is 166 cm³/mol. The first-order valence-corrected chi connectivity index (χ1v) is 14.8. The monoisotopic (exact) mass is 537 g/mol. The topological polar surface area (TPSA) is 46.6 Å². The number of likely N-dealkylation sites (tertiary alicyclic amines) is 1. The van der Waals surface area contributed by atoms with E-state index in [9.17, 15) is 0 Å². The Labute approximate surface area is 239 Å². The number of ether oxygens (including phenoxy) is 2. The Kier molecular flexibility index (Phi) is 8.91. The number of aryl methyl sites for hydroxylation is 1. The summed E-state index contributed by atoms with van der Waals surface area (Å²) in [5.41, 5.74) is 5.62. The molecule has 5 heteroatoms. The highest BCUT2D eigenvalue weighted by atomic mass is 16.5. The molecule has 1 N–H and O–H groups in total. The number of rotatable bonds is 10. The van der Waals surface area contributed by atoms with Gasteiger partial charge in [-0.05, 0) is 104 Å². The number of hydrogen-bond acceptors (Lipinski definition) is 5. The zero-order valence-corrected chi connectivity index (χ0v) is 24.5. The van der Waals surface area contributed by atoms with Gasteiger partial charge in [0.15, 0.2) is 0 Å². The van der Waals surface area contributed by atoms with Gasteiger partial charge in [-0.15, -0.1) is 0 Å². The van der Waals surface area contributed by atoms with Crippen LogP contribution in [0.4, 0.5) is 11.4 Å². The standard InChI is InChI=1S/C35H43N3O2/c1-5-26-24-31-32(25-34(26)39-23-9-22-38-20-7-6-8-21-38)36-19-18-33(31)40-30-16-14-29(15-17-30)37-28-12-10-27(11-13-28)35(2,3)4/h10-19,24-25,37H,5-9,20-23H2,1-4H3. The lowest BCUT2D eigenvalue weighted by Crippen LogP contribution is -2.31. The van der Waals surface area contributed by atoms with Crippen LogP contribution < -0.4 is 14.8 Å². The van der Waals surface area contributed by atoms with Gasteiger partial charge in [0.2, 0.25) is 0 Å². The maximum atomic E-state index is 6.34. The van der Waals surface area contributed by atoms with Crippen molar-refractivity contribution in [1.29, 1.82) is 0 Å². The van der Waals surface area contributed by atoms with Crippen molar-refractivity contribution in [3.8, 4) is 17.2 Å². The third-order valence-corrected chi connectivity index (χ3v) is 7.71. The molecule has 4 aromatic rings. The summed E-state index contributed by atoms with van der Waals surface area (Å²) in [6.07, 6.45) is 7.77. The fourth-order valence-electron chi connectivity index (χ4n) is 5.30. The highest BCUT2D eigenvalue weighted by molar-refractivity contribution is 5.87. The molecule has 40 heavy (non-hydrogen) atoms. The number of nitrogens with zero attached hydrogens (tertiary/aromatic N) is 2. The minimum absolute atomic E-state index is 0.147. The van der Waals surface area contributed by atoms with E-state index in [0.29, 0.717) is 0 Å². The van der Waals surface area contributed by atoms with Crippen molar-refractivity contribution < 1.29 is 9.47 Å². The Morgan fingerprint density at radius 2 is 1.55 bits per heavy atom. The van der Waals surface area contributed by atoms with Gasteiger partial charge in [-0.25, -0.2) is 0 Å². The molecule has 0 radical (unpaired) electrons. The molecule has 1 fully saturated rings. The van der Waals surface area contributed by atoms with Crippen LogP contribution in [-0.2, 0) is 11.8 Å². The van der Waals surface area contributed by atoms with Crippen molar-refractivity contribution in [2.45, 2.75) is 65.2 Å². The Morgan fingerprint density at radius 3 is 2.23 bits per heavy atom. The smallest absolute Gasteiger partial charge is 0.138 e. The van der Waals surface area contributed by atoms with Crippen LogP contribution >= 0.6 is 0 Å². The van der Waals surface area contributed by atoms with Crippen molar-refractivity contribution in [2.24, 2.45) is 0 Å². The highest BCUT2D eigenvalue weighted by Gasteiger charge is 2.14. The third kappa shape index (κ3) is 7.14. The summed E-state index contributed by atoms with van der Waals surface area (Å²) in [7, 11) is 0. The summed E-state index contributed by atoms with van der Waals surface area (Å²) in [6, 6.07) is 22.9. The van der Waals surface area contributed by atoms with Gasteiger partial charge in [0.05, 0.1) is 12.1 Å². The number of fused-ring (bicyclic) bond motifs is 1. The van der Waals surface area contributed by atoms with Gasteiger partial charge >= 0.3 is 0 Å². The van der Waals surface area contributed by atoms with E-state index in [2.05, 4.69) is 79.3 Å². The van der Waals surface area contributed by atoms with Crippen LogP contribution in [0.2, 0.25) is 0 Å². The maximum absolute atomic E-state index is 6.34. The summed E-state index contributed by atoms with van der Waals surface area (Å²) in [4.78, 5) is 7.19. The molecule has 1 aromatic heterocycles. The summed E-state index contributed by atoms with van der Waals surface area (Å²) >= 11 is 0. The number of piperidine rings is 1. The van der Waals surface area contributed by atoms with E-state index >= 15 is 0 Å². The molecule has 1 aliphatic heterocycles. The van der Waals surface area contributed by atoms with Crippen LogP contribution in [0.25, 0.3) is 10.9 Å². The molecule has 0 bridgehead atoms. The predicted octanol–water partition coefficient (Wildman–Crippen LogP) is 8.89. The molecular weight excluding hydrogens is 494 g/mol. The molecule has 2 heterocycles. The number of aromatic nitrogens is 1. The first kappa shape index (κ1) is 28.0. The zero-order valence-electron chi connectivity index (χ0n) is 24.5. The zero-order chi connectivity index (χ0) is 28.0. The summed E-state index contributed by atoms with van der Waals surface area (Å²) in [5.74, 6) is 2.52. The number of hydrogen-bond donors (Lipinski definition) is 1. The highest BCUT2D eigenvalue weighted by Crippen LogP contribution is 2.34. The van der Waals surface area contributed by atoms with Crippen molar-refractivity contribution in [2.75, 3.05) is 31.6 Å². The normalized spacial score (nSPS) is 14.3. The molecule has 0 saturated carbocycles. The molecule has 0 aliphatic carbocycles. The van der Waals surface area contributed by atoms with Crippen LogP contribution in [0.5, 0.6) is 17.2 Å².